The molecule has 0 spiro atoms. The lowest BCUT2D eigenvalue weighted by Crippen LogP contribution is -2.11. The summed E-state index contributed by atoms with van der Waals surface area (Å²) in [6, 6.07) is 7.70. The van der Waals surface area contributed by atoms with Gasteiger partial charge in [-0.15, -0.1) is 0 Å². The number of benzene rings is 1. The zero-order valence-corrected chi connectivity index (χ0v) is 14.8. The fraction of sp³-hybridized carbons (Fsp3) is 0.389. The van der Waals surface area contributed by atoms with E-state index in [0.717, 1.165) is 29.9 Å². The first-order chi connectivity index (χ1) is 12.7. The number of aryl methyl sites for hydroxylation is 2. The van der Waals surface area contributed by atoms with Gasteiger partial charge in [0, 0.05) is 24.9 Å². The molecule has 0 aliphatic rings. The highest BCUT2D eigenvalue weighted by molar-refractivity contribution is 5.90. The van der Waals surface area contributed by atoms with Crippen molar-refractivity contribution in [3.05, 3.63) is 54.2 Å². The maximum Gasteiger partial charge on any atom is 0.226 e. The van der Waals surface area contributed by atoms with Crippen LogP contribution in [0.25, 0.3) is 0 Å². The molecule has 0 unspecified atom stereocenters. The van der Waals surface area contributed by atoms with Gasteiger partial charge in [-0.2, -0.15) is 10.1 Å². The highest BCUT2D eigenvalue weighted by Crippen LogP contribution is 2.12. The van der Waals surface area contributed by atoms with Crippen molar-refractivity contribution in [2.45, 2.75) is 45.6 Å². The number of carbonyl (C=O) groups excluding carboxylic acids is 1. The molecule has 0 atom stereocenters. The molecular weight excluding hydrogens is 332 g/mol. The Labute approximate surface area is 151 Å². The van der Waals surface area contributed by atoms with Crippen LogP contribution in [0.2, 0.25) is 0 Å². The highest BCUT2D eigenvalue weighted by Gasteiger charge is 2.08. The third-order valence-electron chi connectivity index (χ3n) is 3.83. The normalized spacial score (nSPS) is 10.8. The molecule has 1 aromatic carbocycles. The summed E-state index contributed by atoms with van der Waals surface area (Å²) >= 11 is 0. The largest absolute Gasteiger partial charge is 0.339 e. The molecule has 3 rings (SSSR count). The van der Waals surface area contributed by atoms with Crippen molar-refractivity contribution in [3.63, 3.8) is 0 Å². The number of nitrogens with one attached hydrogen (secondary N) is 1. The first-order valence-corrected chi connectivity index (χ1v) is 8.75. The lowest BCUT2D eigenvalue weighted by atomic mass is 10.2. The first kappa shape index (κ1) is 17.8. The number of carbonyl (C=O) groups is 1. The molecule has 1 N–H and O–H groups in total. The van der Waals surface area contributed by atoms with Gasteiger partial charge in [0.05, 0.1) is 6.54 Å². The van der Waals surface area contributed by atoms with Gasteiger partial charge < -0.3 is 9.84 Å². The number of hydrogen-bond acceptors (Lipinski definition) is 6. The van der Waals surface area contributed by atoms with Crippen LogP contribution in [0.1, 0.15) is 43.5 Å². The molecule has 0 fully saturated rings. The van der Waals surface area contributed by atoms with E-state index in [4.69, 9.17) is 4.52 Å². The van der Waals surface area contributed by atoms with Crippen molar-refractivity contribution < 1.29 is 9.32 Å². The summed E-state index contributed by atoms with van der Waals surface area (Å²) in [5.41, 5.74) is 1.87. The van der Waals surface area contributed by atoms with Gasteiger partial charge in [0.25, 0.3) is 0 Å². The van der Waals surface area contributed by atoms with Gasteiger partial charge in [-0.05, 0) is 30.5 Å². The van der Waals surface area contributed by atoms with Gasteiger partial charge in [0.15, 0.2) is 5.82 Å². The molecular formula is C18H22N6O2. The molecule has 0 saturated heterocycles. The topological polar surface area (TPSA) is 98.7 Å². The fourth-order valence-electron chi connectivity index (χ4n) is 2.54. The fourth-order valence-corrected chi connectivity index (χ4v) is 2.54. The van der Waals surface area contributed by atoms with Gasteiger partial charge >= 0.3 is 0 Å². The SMILES string of the molecule is CCCc1noc(CCCC(=O)Nc2ccc(Cn3cncn3)cc2)n1. The second-order valence-corrected chi connectivity index (χ2v) is 6.05. The number of anilines is 1. The molecule has 26 heavy (non-hydrogen) atoms. The Hall–Kier alpha value is -3.03. The zero-order chi connectivity index (χ0) is 18.2. The van der Waals surface area contributed by atoms with Crippen LogP contribution < -0.4 is 5.32 Å². The van der Waals surface area contributed by atoms with Crippen molar-refractivity contribution in [3.8, 4) is 0 Å². The third kappa shape index (κ3) is 5.23. The van der Waals surface area contributed by atoms with E-state index in [1.165, 1.54) is 6.33 Å². The summed E-state index contributed by atoms with van der Waals surface area (Å²) < 4.78 is 6.92. The molecule has 0 bridgehead atoms. The molecule has 3 aromatic rings. The van der Waals surface area contributed by atoms with E-state index in [2.05, 4.69) is 32.5 Å². The molecule has 0 aliphatic carbocycles. The average molecular weight is 354 g/mol. The number of nitrogens with zero attached hydrogens (tertiary/aromatic N) is 5. The predicted molar refractivity (Wildman–Crippen MR) is 95.4 cm³/mol. The van der Waals surface area contributed by atoms with Crippen LogP contribution in [-0.2, 0) is 24.2 Å². The lowest BCUT2D eigenvalue weighted by molar-refractivity contribution is -0.116. The van der Waals surface area contributed by atoms with E-state index in [0.29, 0.717) is 31.7 Å². The van der Waals surface area contributed by atoms with Gasteiger partial charge in [0.2, 0.25) is 11.8 Å². The Morgan fingerprint density at radius 3 is 2.81 bits per heavy atom. The van der Waals surface area contributed by atoms with E-state index in [1.807, 2.05) is 24.3 Å². The van der Waals surface area contributed by atoms with Crippen LogP contribution >= 0.6 is 0 Å². The van der Waals surface area contributed by atoms with Crippen LogP contribution in [0.5, 0.6) is 0 Å². The molecule has 0 saturated carbocycles. The predicted octanol–water partition coefficient (Wildman–Crippen LogP) is 2.62. The quantitative estimate of drug-likeness (QED) is 0.634. The van der Waals surface area contributed by atoms with E-state index in [1.54, 1.807) is 11.0 Å². The lowest BCUT2D eigenvalue weighted by Gasteiger charge is -2.06. The summed E-state index contributed by atoms with van der Waals surface area (Å²) in [6.07, 6.45) is 6.67. The Morgan fingerprint density at radius 2 is 2.08 bits per heavy atom. The van der Waals surface area contributed by atoms with E-state index >= 15 is 0 Å². The number of rotatable bonds is 9. The van der Waals surface area contributed by atoms with E-state index in [-0.39, 0.29) is 5.91 Å². The second-order valence-electron chi connectivity index (χ2n) is 6.05. The number of hydrogen-bond donors (Lipinski definition) is 1. The molecule has 2 aromatic heterocycles. The minimum atomic E-state index is -0.0256. The summed E-state index contributed by atoms with van der Waals surface area (Å²) in [4.78, 5) is 20.3. The minimum Gasteiger partial charge on any atom is -0.339 e. The van der Waals surface area contributed by atoms with Gasteiger partial charge in [0.1, 0.15) is 12.7 Å². The Morgan fingerprint density at radius 1 is 1.23 bits per heavy atom. The highest BCUT2D eigenvalue weighted by atomic mass is 16.5. The Balaban J connectivity index is 1.41. The van der Waals surface area contributed by atoms with Gasteiger partial charge in [-0.1, -0.05) is 24.2 Å². The number of aromatic nitrogens is 5. The maximum atomic E-state index is 12.1. The first-order valence-electron chi connectivity index (χ1n) is 8.75. The summed E-state index contributed by atoms with van der Waals surface area (Å²) in [5, 5.41) is 10.9. The molecule has 2 heterocycles. The molecule has 136 valence electrons. The average Bonchev–Trinajstić information content (AvgIpc) is 3.29. The van der Waals surface area contributed by atoms with Gasteiger partial charge in [-0.25, -0.2) is 9.67 Å². The van der Waals surface area contributed by atoms with Crippen LogP contribution in [0.3, 0.4) is 0 Å². The van der Waals surface area contributed by atoms with Crippen molar-refractivity contribution >= 4 is 11.6 Å². The molecule has 0 radical (unpaired) electrons. The number of amides is 1. The Bertz CT molecular complexity index is 811. The third-order valence-corrected chi connectivity index (χ3v) is 3.83. The van der Waals surface area contributed by atoms with Crippen molar-refractivity contribution in [2.75, 3.05) is 5.32 Å². The summed E-state index contributed by atoms with van der Waals surface area (Å²) in [6.45, 7) is 2.72. The van der Waals surface area contributed by atoms with E-state index < -0.39 is 0 Å². The Kier molecular flexibility index (Phi) is 6.08. The molecule has 0 aliphatic heterocycles. The minimum absolute atomic E-state index is 0.0256. The van der Waals surface area contributed by atoms with Crippen LogP contribution in [0.15, 0.2) is 41.4 Å². The second kappa shape index (κ2) is 8.89. The zero-order valence-electron chi connectivity index (χ0n) is 14.8. The van der Waals surface area contributed by atoms with Crippen molar-refractivity contribution in [1.82, 2.24) is 24.9 Å². The van der Waals surface area contributed by atoms with E-state index in [9.17, 15) is 4.79 Å². The maximum absolute atomic E-state index is 12.1. The summed E-state index contributed by atoms with van der Waals surface area (Å²) in [5.74, 6) is 1.30. The van der Waals surface area contributed by atoms with Crippen LogP contribution in [-0.4, -0.2) is 30.8 Å². The van der Waals surface area contributed by atoms with Crippen molar-refractivity contribution in [2.24, 2.45) is 0 Å². The van der Waals surface area contributed by atoms with Crippen LogP contribution in [0, 0.1) is 0 Å². The molecule has 8 nitrogen and oxygen atoms in total. The smallest absolute Gasteiger partial charge is 0.226 e. The molecule has 8 heteroatoms. The van der Waals surface area contributed by atoms with Crippen LogP contribution in [0.4, 0.5) is 5.69 Å². The standard InChI is InChI=1S/C18H22N6O2/c1-2-4-16-22-18(26-23-16)6-3-5-17(25)21-15-9-7-14(8-10-15)11-24-13-19-12-20-24/h7-10,12-13H,2-6,11H2,1H3,(H,21,25). The van der Waals surface area contributed by atoms with Crippen molar-refractivity contribution in [1.29, 1.82) is 0 Å². The molecule has 1 amide bonds. The summed E-state index contributed by atoms with van der Waals surface area (Å²) in [7, 11) is 0. The van der Waals surface area contributed by atoms with Gasteiger partial charge in [-0.3, -0.25) is 4.79 Å². The monoisotopic (exact) mass is 354 g/mol.